The largest absolute Gasteiger partial charge is 0.493 e. The third-order valence-electron chi connectivity index (χ3n) is 2.99. The van der Waals surface area contributed by atoms with Gasteiger partial charge < -0.3 is 10.5 Å². The first kappa shape index (κ1) is 11.8. The van der Waals surface area contributed by atoms with Crippen molar-refractivity contribution >= 4 is 11.8 Å². The Bertz CT molecular complexity index is 350. The molecule has 0 spiro atoms. The van der Waals surface area contributed by atoms with Crippen LogP contribution in [0.4, 0.5) is 0 Å². The van der Waals surface area contributed by atoms with Gasteiger partial charge in [0, 0.05) is 17.0 Å². The number of nitrogens with two attached hydrogens (primary N) is 1. The van der Waals surface area contributed by atoms with Crippen molar-refractivity contribution in [3.8, 4) is 5.75 Å². The zero-order valence-corrected chi connectivity index (χ0v) is 10.6. The van der Waals surface area contributed by atoms with Gasteiger partial charge in [-0.15, -0.1) is 11.8 Å². The van der Waals surface area contributed by atoms with E-state index < -0.39 is 0 Å². The molecule has 2 N–H and O–H groups in total. The van der Waals surface area contributed by atoms with Crippen LogP contribution in [-0.2, 0) is 6.54 Å². The molecule has 2 rings (SSSR count). The third kappa shape index (κ3) is 2.92. The van der Waals surface area contributed by atoms with Gasteiger partial charge in [0.25, 0.3) is 0 Å². The first-order chi connectivity index (χ1) is 7.85. The standard InChI is InChI=1S/C13H19NOS/c1-16-13-4-2-3-12(11(13)9-14)15-8-7-10-5-6-10/h2-4,10H,5-9,14H2,1H3. The molecule has 3 heteroatoms. The van der Waals surface area contributed by atoms with Crippen molar-refractivity contribution in [2.24, 2.45) is 11.7 Å². The highest BCUT2D eigenvalue weighted by molar-refractivity contribution is 7.98. The number of hydrogen-bond acceptors (Lipinski definition) is 3. The average molecular weight is 237 g/mol. The van der Waals surface area contributed by atoms with E-state index >= 15 is 0 Å². The summed E-state index contributed by atoms with van der Waals surface area (Å²) in [5.74, 6) is 1.89. The molecule has 1 aromatic carbocycles. The van der Waals surface area contributed by atoms with Crippen LogP contribution in [0.5, 0.6) is 5.75 Å². The maximum atomic E-state index is 5.83. The molecule has 1 aliphatic rings. The number of thioether (sulfide) groups is 1. The molecule has 1 aromatic rings. The van der Waals surface area contributed by atoms with Crippen LogP contribution in [0.25, 0.3) is 0 Å². The fourth-order valence-corrected chi connectivity index (χ4v) is 2.46. The van der Waals surface area contributed by atoms with Crippen LogP contribution in [0, 0.1) is 5.92 Å². The lowest BCUT2D eigenvalue weighted by atomic mass is 10.2. The van der Waals surface area contributed by atoms with Gasteiger partial charge in [0.05, 0.1) is 6.61 Å². The quantitative estimate of drug-likeness (QED) is 0.772. The van der Waals surface area contributed by atoms with Crippen LogP contribution in [-0.4, -0.2) is 12.9 Å². The number of benzene rings is 1. The van der Waals surface area contributed by atoms with Crippen LogP contribution >= 0.6 is 11.8 Å². The lowest BCUT2D eigenvalue weighted by Gasteiger charge is -2.13. The summed E-state index contributed by atoms with van der Waals surface area (Å²) < 4.78 is 5.83. The van der Waals surface area contributed by atoms with Crippen LogP contribution in [0.3, 0.4) is 0 Å². The molecule has 0 atom stereocenters. The second-order valence-electron chi connectivity index (χ2n) is 4.22. The molecule has 0 bridgehead atoms. The number of hydrogen-bond donors (Lipinski definition) is 1. The summed E-state index contributed by atoms with van der Waals surface area (Å²) in [6.07, 6.45) is 6.03. The zero-order chi connectivity index (χ0) is 11.4. The van der Waals surface area contributed by atoms with Gasteiger partial charge in [0.2, 0.25) is 0 Å². The Morgan fingerprint density at radius 1 is 1.44 bits per heavy atom. The number of rotatable bonds is 6. The van der Waals surface area contributed by atoms with E-state index in [-0.39, 0.29) is 0 Å². The van der Waals surface area contributed by atoms with Crippen molar-refractivity contribution < 1.29 is 4.74 Å². The Morgan fingerprint density at radius 2 is 2.25 bits per heavy atom. The van der Waals surface area contributed by atoms with Crippen molar-refractivity contribution in [1.29, 1.82) is 0 Å². The van der Waals surface area contributed by atoms with Gasteiger partial charge in [-0.2, -0.15) is 0 Å². The summed E-state index contributed by atoms with van der Waals surface area (Å²) in [5.41, 5.74) is 6.92. The van der Waals surface area contributed by atoms with Crippen molar-refractivity contribution in [1.82, 2.24) is 0 Å². The molecule has 88 valence electrons. The van der Waals surface area contributed by atoms with Gasteiger partial charge >= 0.3 is 0 Å². The minimum Gasteiger partial charge on any atom is -0.493 e. The molecule has 16 heavy (non-hydrogen) atoms. The highest BCUT2D eigenvalue weighted by Crippen LogP contribution is 2.33. The molecule has 1 aliphatic carbocycles. The molecule has 1 fully saturated rings. The second kappa shape index (κ2) is 5.60. The monoisotopic (exact) mass is 237 g/mol. The van der Waals surface area contributed by atoms with Crippen molar-refractivity contribution in [2.75, 3.05) is 12.9 Å². The molecular formula is C13H19NOS. The average Bonchev–Trinajstić information content (AvgIpc) is 3.12. The molecule has 0 aliphatic heterocycles. The lowest BCUT2D eigenvalue weighted by molar-refractivity contribution is 0.298. The lowest BCUT2D eigenvalue weighted by Crippen LogP contribution is -2.05. The van der Waals surface area contributed by atoms with Gasteiger partial charge in [0.1, 0.15) is 5.75 Å². The summed E-state index contributed by atoms with van der Waals surface area (Å²) in [4.78, 5) is 1.23. The topological polar surface area (TPSA) is 35.2 Å². The maximum Gasteiger partial charge on any atom is 0.124 e. The molecule has 0 saturated heterocycles. The van der Waals surface area contributed by atoms with Crippen LogP contribution in [0.2, 0.25) is 0 Å². The smallest absolute Gasteiger partial charge is 0.124 e. The van der Waals surface area contributed by atoms with E-state index in [0.29, 0.717) is 6.54 Å². The van der Waals surface area contributed by atoms with Crippen LogP contribution < -0.4 is 10.5 Å². The van der Waals surface area contributed by atoms with E-state index in [1.807, 2.05) is 12.1 Å². The molecule has 0 heterocycles. The predicted molar refractivity (Wildman–Crippen MR) is 69.0 cm³/mol. The first-order valence-electron chi connectivity index (χ1n) is 5.84. The Balaban J connectivity index is 1.99. The highest BCUT2D eigenvalue weighted by Gasteiger charge is 2.20. The summed E-state index contributed by atoms with van der Waals surface area (Å²) >= 11 is 1.73. The van der Waals surface area contributed by atoms with Crippen molar-refractivity contribution in [3.63, 3.8) is 0 Å². The Hall–Kier alpha value is -0.670. The summed E-state index contributed by atoms with van der Waals surface area (Å²) in [6, 6.07) is 6.16. The molecule has 0 unspecified atom stereocenters. The SMILES string of the molecule is CSc1cccc(OCCC2CC2)c1CN. The molecular weight excluding hydrogens is 218 g/mol. The minimum atomic E-state index is 0.551. The number of ether oxygens (including phenoxy) is 1. The van der Waals surface area contributed by atoms with Crippen LogP contribution in [0.1, 0.15) is 24.8 Å². The normalized spacial score (nSPS) is 15.1. The Morgan fingerprint density at radius 3 is 2.88 bits per heavy atom. The summed E-state index contributed by atoms with van der Waals surface area (Å²) in [5, 5.41) is 0. The highest BCUT2D eigenvalue weighted by atomic mass is 32.2. The molecule has 0 amide bonds. The van der Waals surface area contributed by atoms with Gasteiger partial charge in [-0.3, -0.25) is 0 Å². The van der Waals surface area contributed by atoms with E-state index in [4.69, 9.17) is 10.5 Å². The van der Waals surface area contributed by atoms with E-state index in [1.54, 1.807) is 11.8 Å². The van der Waals surface area contributed by atoms with Gasteiger partial charge in [0.15, 0.2) is 0 Å². The van der Waals surface area contributed by atoms with E-state index in [9.17, 15) is 0 Å². The zero-order valence-electron chi connectivity index (χ0n) is 9.74. The van der Waals surface area contributed by atoms with Crippen molar-refractivity contribution in [2.45, 2.75) is 30.7 Å². The van der Waals surface area contributed by atoms with Gasteiger partial charge in [-0.1, -0.05) is 18.9 Å². The van der Waals surface area contributed by atoms with Crippen LogP contribution in [0.15, 0.2) is 23.1 Å². The minimum absolute atomic E-state index is 0.551. The summed E-state index contributed by atoms with van der Waals surface area (Å²) in [6.45, 7) is 1.38. The van der Waals surface area contributed by atoms with Gasteiger partial charge in [-0.05, 0) is 30.7 Å². The second-order valence-corrected chi connectivity index (χ2v) is 5.07. The van der Waals surface area contributed by atoms with E-state index in [2.05, 4.69) is 12.3 Å². The molecule has 0 aromatic heterocycles. The first-order valence-corrected chi connectivity index (χ1v) is 7.06. The molecule has 0 radical (unpaired) electrons. The Kier molecular flexibility index (Phi) is 4.13. The molecule has 1 saturated carbocycles. The molecule has 2 nitrogen and oxygen atoms in total. The van der Waals surface area contributed by atoms with Crippen molar-refractivity contribution in [3.05, 3.63) is 23.8 Å². The van der Waals surface area contributed by atoms with E-state index in [0.717, 1.165) is 23.8 Å². The fourth-order valence-electron chi connectivity index (χ4n) is 1.82. The fraction of sp³-hybridized carbons (Fsp3) is 0.538. The van der Waals surface area contributed by atoms with Gasteiger partial charge in [-0.25, -0.2) is 0 Å². The predicted octanol–water partition coefficient (Wildman–Crippen LogP) is 3.05. The Labute approximate surface area is 102 Å². The summed E-state index contributed by atoms with van der Waals surface area (Å²) in [7, 11) is 0. The maximum absolute atomic E-state index is 5.83. The third-order valence-corrected chi connectivity index (χ3v) is 3.82. The van der Waals surface area contributed by atoms with E-state index in [1.165, 1.54) is 24.2 Å².